The van der Waals surface area contributed by atoms with Gasteiger partial charge in [-0.2, -0.15) is 13.2 Å². The van der Waals surface area contributed by atoms with E-state index in [1.807, 2.05) is 0 Å². The summed E-state index contributed by atoms with van der Waals surface area (Å²) in [5.41, 5.74) is 0. The highest BCUT2D eigenvalue weighted by Crippen LogP contribution is 2.19. The Labute approximate surface area is 70.5 Å². The maximum atomic E-state index is 11.9. The molecule has 0 atom stereocenters. The maximum absolute atomic E-state index is 11.9. The Balaban J connectivity index is 2.30. The van der Waals surface area contributed by atoms with Gasteiger partial charge >= 0.3 is 6.18 Å². The van der Waals surface area contributed by atoms with Gasteiger partial charge in [0, 0.05) is 0 Å². The van der Waals surface area contributed by atoms with Crippen LogP contribution in [0.5, 0.6) is 0 Å². The van der Waals surface area contributed by atoms with Gasteiger partial charge < -0.3 is 0 Å². The SMILES string of the molecule is FC(F)(F)CN1CCCCCC1. The van der Waals surface area contributed by atoms with E-state index in [0.717, 1.165) is 25.7 Å². The van der Waals surface area contributed by atoms with Crippen molar-refractivity contribution in [2.24, 2.45) is 0 Å². The number of alkyl halides is 3. The predicted octanol–water partition coefficient (Wildman–Crippen LogP) is 2.42. The van der Waals surface area contributed by atoms with E-state index in [1.165, 1.54) is 4.90 Å². The lowest BCUT2D eigenvalue weighted by molar-refractivity contribution is -0.145. The molecule has 0 unspecified atom stereocenters. The minimum Gasteiger partial charge on any atom is -0.295 e. The van der Waals surface area contributed by atoms with Gasteiger partial charge in [0.05, 0.1) is 6.54 Å². The average Bonchev–Trinajstić information content (AvgIpc) is 2.12. The second kappa shape index (κ2) is 4.12. The van der Waals surface area contributed by atoms with Crippen LogP contribution in [0.4, 0.5) is 13.2 Å². The number of nitrogens with zero attached hydrogens (tertiary/aromatic N) is 1. The van der Waals surface area contributed by atoms with Crippen molar-refractivity contribution in [2.45, 2.75) is 31.9 Å². The summed E-state index contributed by atoms with van der Waals surface area (Å²) in [7, 11) is 0. The minimum absolute atomic E-state index is 0.611. The molecule has 72 valence electrons. The Morgan fingerprint density at radius 1 is 0.917 bits per heavy atom. The van der Waals surface area contributed by atoms with Crippen molar-refractivity contribution in [3.05, 3.63) is 0 Å². The first-order valence-electron chi connectivity index (χ1n) is 4.37. The molecule has 0 aromatic heterocycles. The Kier molecular flexibility index (Phi) is 3.38. The molecule has 1 fully saturated rings. The number of rotatable bonds is 1. The van der Waals surface area contributed by atoms with E-state index in [2.05, 4.69) is 0 Å². The molecular formula is C8H14F3N. The van der Waals surface area contributed by atoms with Crippen LogP contribution in [-0.2, 0) is 0 Å². The molecule has 0 amide bonds. The summed E-state index contributed by atoms with van der Waals surface area (Å²) in [6.45, 7) is 0.492. The minimum atomic E-state index is -4.02. The molecule has 0 aromatic carbocycles. The van der Waals surface area contributed by atoms with Crippen LogP contribution in [0.2, 0.25) is 0 Å². The van der Waals surface area contributed by atoms with Crippen molar-refractivity contribution in [2.75, 3.05) is 19.6 Å². The zero-order chi connectivity index (χ0) is 9.03. The normalized spacial score (nSPS) is 22.2. The molecule has 0 aliphatic carbocycles. The van der Waals surface area contributed by atoms with E-state index < -0.39 is 12.7 Å². The van der Waals surface area contributed by atoms with Gasteiger partial charge in [-0.1, -0.05) is 12.8 Å². The largest absolute Gasteiger partial charge is 0.401 e. The Morgan fingerprint density at radius 2 is 1.42 bits per heavy atom. The highest BCUT2D eigenvalue weighted by molar-refractivity contribution is 4.66. The van der Waals surface area contributed by atoms with Crippen molar-refractivity contribution in [1.82, 2.24) is 4.90 Å². The number of likely N-dealkylation sites (tertiary alicyclic amines) is 1. The summed E-state index contributed by atoms with van der Waals surface area (Å²) in [5, 5.41) is 0. The van der Waals surface area contributed by atoms with Gasteiger partial charge in [-0.05, 0) is 25.9 Å². The predicted molar refractivity (Wildman–Crippen MR) is 41.0 cm³/mol. The van der Waals surface area contributed by atoms with Crippen molar-refractivity contribution < 1.29 is 13.2 Å². The van der Waals surface area contributed by atoms with E-state index in [1.54, 1.807) is 0 Å². The summed E-state index contributed by atoms with van der Waals surface area (Å²) in [6, 6.07) is 0. The first-order valence-corrected chi connectivity index (χ1v) is 4.37. The van der Waals surface area contributed by atoms with Crippen LogP contribution < -0.4 is 0 Å². The standard InChI is InChI=1S/C8H14F3N/c9-8(10,11)7-12-5-3-1-2-4-6-12/h1-7H2. The highest BCUT2D eigenvalue weighted by Gasteiger charge is 2.30. The van der Waals surface area contributed by atoms with Crippen LogP contribution in [0.1, 0.15) is 25.7 Å². The molecular weight excluding hydrogens is 167 g/mol. The molecule has 1 aliphatic heterocycles. The summed E-state index contributed by atoms with van der Waals surface area (Å²) in [4.78, 5) is 1.51. The van der Waals surface area contributed by atoms with Gasteiger partial charge in [-0.25, -0.2) is 0 Å². The third-order valence-electron chi connectivity index (χ3n) is 2.10. The first-order chi connectivity index (χ1) is 5.58. The second-order valence-electron chi connectivity index (χ2n) is 3.31. The molecule has 0 radical (unpaired) electrons. The Morgan fingerprint density at radius 3 is 1.83 bits per heavy atom. The van der Waals surface area contributed by atoms with Gasteiger partial charge in [-0.3, -0.25) is 4.90 Å². The topological polar surface area (TPSA) is 3.24 Å². The fourth-order valence-electron chi connectivity index (χ4n) is 1.55. The number of hydrogen-bond acceptors (Lipinski definition) is 1. The zero-order valence-corrected chi connectivity index (χ0v) is 7.03. The molecule has 0 bridgehead atoms. The molecule has 4 heteroatoms. The van der Waals surface area contributed by atoms with Crippen LogP contribution in [0.15, 0.2) is 0 Å². The molecule has 1 nitrogen and oxygen atoms in total. The summed E-state index contributed by atoms with van der Waals surface area (Å²) in [6.07, 6.45) is -0.0424. The molecule has 1 saturated heterocycles. The van der Waals surface area contributed by atoms with E-state index in [4.69, 9.17) is 0 Å². The van der Waals surface area contributed by atoms with Gasteiger partial charge in [0.2, 0.25) is 0 Å². The summed E-state index contributed by atoms with van der Waals surface area (Å²) < 4.78 is 35.8. The van der Waals surface area contributed by atoms with Gasteiger partial charge in [0.15, 0.2) is 0 Å². The number of hydrogen-bond donors (Lipinski definition) is 0. The van der Waals surface area contributed by atoms with Crippen molar-refractivity contribution in [3.63, 3.8) is 0 Å². The highest BCUT2D eigenvalue weighted by atomic mass is 19.4. The summed E-state index contributed by atoms with van der Waals surface area (Å²) in [5.74, 6) is 0. The van der Waals surface area contributed by atoms with Crippen LogP contribution in [-0.4, -0.2) is 30.7 Å². The Hall–Kier alpha value is -0.250. The van der Waals surface area contributed by atoms with Crippen LogP contribution in [0.25, 0.3) is 0 Å². The quantitative estimate of drug-likeness (QED) is 0.600. The molecule has 0 aromatic rings. The fraction of sp³-hybridized carbons (Fsp3) is 1.00. The molecule has 0 spiro atoms. The van der Waals surface area contributed by atoms with E-state index in [0.29, 0.717) is 13.1 Å². The van der Waals surface area contributed by atoms with E-state index in [-0.39, 0.29) is 0 Å². The van der Waals surface area contributed by atoms with E-state index in [9.17, 15) is 13.2 Å². The molecule has 1 heterocycles. The average molecular weight is 181 g/mol. The number of halogens is 3. The molecule has 12 heavy (non-hydrogen) atoms. The maximum Gasteiger partial charge on any atom is 0.401 e. The lowest BCUT2D eigenvalue weighted by Gasteiger charge is -2.20. The van der Waals surface area contributed by atoms with Crippen LogP contribution in [0.3, 0.4) is 0 Å². The van der Waals surface area contributed by atoms with Crippen molar-refractivity contribution >= 4 is 0 Å². The first kappa shape index (κ1) is 9.84. The van der Waals surface area contributed by atoms with Gasteiger partial charge in [0.1, 0.15) is 0 Å². The molecule has 0 N–H and O–H groups in total. The van der Waals surface area contributed by atoms with Crippen LogP contribution in [0, 0.1) is 0 Å². The Bertz CT molecular complexity index is 125. The smallest absolute Gasteiger partial charge is 0.295 e. The lowest BCUT2D eigenvalue weighted by atomic mass is 10.2. The molecule has 1 rings (SSSR count). The monoisotopic (exact) mass is 181 g/mol. The molecule has 0 saturated carbocycles. The third-order valence-corrected chi connectivity index (χ3v) is 2.10. The zero-order valence-electron chi connectivity index (χ0n) is 7.03. The van der Waals surface area contributed by atoms with Gasteiger partial charge in [-0.15, -0.1) is 0 Å². The third kappa shape index (κ3) is 3.95. The second-order valence-corrected chi connectivity index (χ2v) is 3.31. The van der Waals surface area contributed by atoms with Crippen LogP contribution >= 0.6 is 0 Å². The molecule has 1 aliphatic rings. The van der Waals surface area contributed by atoms with E-state index >= 15 is 0 Å². The van der Waals surface area contributed by atoms with Gasteiger partial charge in [0.25, 0.3) is 0 Å². The van der Waals surface area contributed by atoms with Crippen molar-refractivity contribution in [3.8, 4) is 0 Å². The van der Waals surface area contributed by atoms with Crippen molar-refractivity contribution in [1.29, 1.82) is 0 Å². The fourth-order valence-corrected chi connectivity index (χ4v) is 1.55. The lowest BCUT2D eigenvalue weighted by Crippen LogP contribution is -2.34. The summed E-state index contributed by atoms with van der Waals surface area (Å²) >= 11 is 0.